The van der Waals surface area contributed by atoms with Crippen LogP contribution in [0.1, 0.15) is 11.1 Å². The molecule has 1 N–H and O–H groups in total. The van der Waals surface area contributed by atoms with Crippen molar-refractivity contribution in [3.8, 4) is 0 Å². The van der Waals surface area contributed by atoms with Gasteiger partial charge in [-0.2, -0.15) is 0 Å². The van der Waals surface area contributed by atoms with E-state index in [2.05, 4.69) is 30.3 Å². The molecule has 0 aromatic heterocycles. The molecule has 0 amide bonds. The van der Waals surface area contributed by atoms with Gasteiger partial charge in [-0.25, -0.2) is 0 Å². The molecule has 2 aromatic carbocycles. The largest absolute Gasteiger partial charge is 0.449 e. The van der Waals surface area contributed by atoms with Gasteiger partial charge in [-0.1, -0.05) is 48.2 Å². The fourth-order valence-electron chi connectivity index (χ4n) is 2.10. The smallest absolute Gasteiger partial charge is 0.305 e. The van der Waals surface area contributed by atoms with Crippen LogP contribution in [-0.2, 0) is 6.42 Å². The fraction of sp³-hybridized carbons (Fsp3) is 0.0769. The van der Waals surface area contributed by atoms with Gasteiger partial charge in [0, 0.05) is 9.79 Å². The second-order valence-electron chi connectivity index (χ2n) is 3.95. The lowest BCUT2D eigenvalue weighted by Gasteiger charge is -2.20. The van der Waals surface area contributed by atoms with Crippen molar-refractivity contribution < 1.29 is 5.02 Å². The van der Waals surface area contributed by atoms with E-state index in [4.69, 9.17) is 0 Å². The number of benzene rings is 2. The molecular formula is C13H11BOS. The molecule has 1 aliphatic rings. The Kier molecular flexibility index (Phi) is 2.50. The van der Waals surface area contributed by atoms with Crippen LogP contribution in [0, 0.1) is 0 Å². The predicted octanol–water partition coefficient (Wildman–Crippen LogP) is 1.71. The normalized spacial score (nSPS) is 12.8. The summed E-state index contributed by atoms with van der Waals surface area (Å²) < 4.78 is 0. The van der Waals surface area contributed by atoms with Crippen LogP contribution in [0.25, 0.3) is 0 Å². The fourth-order valence-corrected chi connectivity index (χ4v) is 3.27. The molecule has 0 bridgehead atoms. The molecule has 0 unspecified atom stereocenters. The van der Waals surface area contributed by atoms with Gasteiger partial charge in [0.2, 0.25) is 0 Å². The third kappa shape index (κ3) is 1.56. The summed E-state index contributed by atoms with van der Waals surface area (Å²) in [6.07, 6.45) is 0.979. The molecule has 3 heteroatoms. The van der Waals surface area contributed by atoms with E-state index in [0.717, 1.165) is 11.9 Å². The second-order valence-corrected chi connectivity index (χ2v) is 5.00. The molecule has 2 aromatic rings. The van der Waals surface area contributed by atoms with Crippen molar-refractivity contribution in [3.63, 3.8) is 0 Å². The van der Waals surface area contributed by atoms with E-state index in [-0.39, 0.29) is 7.48 Å². The molecule has 78 valence electrons. The molecule has 0 atom stereocenters. The van der Waals surface area contributed by atoms with Gasteiger partial charge in [0.15, 0.2) is 0 Å². The first-order chi connectivity index (χ1) is 7.88. The van der Waals surface area contributed by atoms with Gasteiger partial charge in [-0.05, 0) is 29.1 Å². The first kappa shape index (κ1) is 10.0. The highest BCUT2D eigenvalue weighted by atomic mass is 32.2. The van der Waals surface area contributed by atoms with Crippen LogP contribution in [0.3, 0.4) is 0 Å². The monoisotopic (exact) mass is 226 g/mol. The van der Waals surface area contributed by atoms with Crippen molar-refractivity contribution in [1.29, 1.82) is 0 Å². The Morgan fingerprint density at radius 1 is 1.00 bits per heavy atom. The van der Waals surface area contributed by atoms with Crippen molar-refractivity contribution >= 4 is 24.7 Å². The standard InChI is InChI=1S/C13H11BOS/c15-14-11-6-3-5-10-8-9-4-1-2-7-12(9)16-13(10)11/h1-7,14-15H,8H2. The van der Waals surface area contributed by atoms with Crippen molar-refractivity contribution in [1.82, 2.24) is 0 Å². The van der Waals surface area contributed by atoms with Gasteiger partial charge in [0.1, 0.15) is 0 Å². The van der Waals surface area contributed by atoms with E-state index in [1.54, 1.807) is 11.8 Å². The molecule has 0 aliphatic carbocycles. The maximum Gasteiger partial charge on any atom is 0.305 e. The topological polar surface area (TPSA) is 20.2 Å². The molecule has 1 aliphatic heterocycles. The molecule has 0 saturated carbocycles. The van der Waals surface area contributed by atoms with Gasteiger partial charge in [-0.3, -0.25) is 0 Å². The third-order valence-electron chi connectivity index (χ3n) is 2.91. The highest BCUT2D eigenvalue weighted by Gasteiger charge is 2.17. The van der Waals surface area contributed by atoms with E-state index in [1.807, 2.05) is 12.1 Å². The zero-order valence-corrected chi connectivity index (χ0v) is 9.63. The van der Waals surface area contributed by atoms with E-state index >= 15 is 0 Å². The Bertz CT molecular complexity index is 539. The summed E-state index contributed by atoms with van der Waals surface area (Å²) in [6, 6.07) is 14.7. The molecule has 3 rings (SSSR count). The van der Waals surface area contributed by atoms with Gasteiger partial charge in [-0.15, -0.1) is 0 Å². The van der Waals surface area contributed by atoms with E-state index in [0.29, 0.717) is 0 Å². The molecular weight excluding hydrogens is 215 g/mol. The maximum absolute atomic E-state index is 9.33. The Morgan fingerprint density at radius 2 is 1.81 bits per heavy atom. The van der Waals surface area contributed by atoms with Crippen molar-refractivity contribution in [2.75, 3.05) is 0 Å². The minimum Gasteiger partial charge on any atom is -0.449 e. The average Bonchev–Trinajstić information content (AvgIpc) is 2.35. The molecule has 0 radical (unpaired) electrons. The van der Waals surface area contributed by atoms with Crippen LogP contribution in [0.2, 0.25) is 0 Å². The van der Waals surface area contributed by atoms with Crippen LogP contribution < -0.4 is 5.46 Å². The maximum atomic E-state index is 9.33. The van der Waals surface area contributed by atoms with Crippen molar-refractivity contribution in [3.05, 3.63) is 53.6 Å². The predicted molar refractivity (Wildman–Crippen MR) is 68.8 cm³/mol. The van der Waals surface area contributed by atoms with Crippen LogP contribution in [0.4, 0.5) is 0 Å². The lowest BCUT2D eigenvalue weighted by atomic mass is 9.86. The quantitative estimate of drug-likeness (QED) is 0.637. The lowest BCUT2D eigenvalue weighted by Crippen LogP contribution is -2.19. The zero-order chi connectivity index (χ0) is 11.0. The third-order valence-corrected chi connectivity index (χ3v) is 4.26. The summed E-state index contributed by atoms with van der Waals surface area (Å²) in [5.41, 5.74) is 3.75. The molecule has 16 heavy (non-hydrogen) atoms. The first-order valence-electron chi connectivity index (χ1n) is 5.36. The number of rotatable bonds is 1. The number of hydrogen-bond acceptors (Lipinski definition) is 2. The average molecular weight is 226 g/mol. The molecule has 1 nitrogen and oxygen atoms in total. The summed E-state index contributed by atoms with van der Waals surface area (Å²) in [4.78, 5) is 2.56. The van der Waals surface area contributed by atoms with Crippen molar-refractivity contribution in [2.45, 2.75) is 16.2 Å². The zero-order valence-electron chi connectivity index (χ0n) is 8.81. The Labute approximate surface area is 99.8 Å². The minimum atomic E-state index is 0.123. The van der Waals surface area contributed by atoms with E-state index < -0.39 is 0 Å². The van der Waals surface area contributed by atoms with E-state index in [1.165, 1.54) is 20.9 Å². The van der Waals surface area contributed by atoms with Crippen molar-refractivity contribution in [2.24, 2.45) is 0 Å². The minimum absolute atomic E-state index is 0.123. The lowest BCUT2D eigenvalue weighted by molar-refractivity contribution is 0.614. The molecule has 0 saturated heterocycles. The highest BCUT2D eigenvalue weighted by molar-refractivity contribution is 7.99. The molecule has 1 heterocycles. The van der Waals surface area contributed by atoms with Gasteiger partial charge < -0.3 is 5.02 Å². The highest BCUT2D eigenvalue weighted by Crippen LogP contribution is 2.37. The van der Waals surface area contributed by atoms with Gasteiger partial charge >= 0.3 is 7.48 Å². The Morgan fingerprint density at radius 3 is 2.69 bits per heavy atom. The van der Waals surface area contributed by atoms with E-state index in [9.17, 15) is 5.02 Å². The molecule has 0 spiro atoms. The second kappa shape index (κ2) is 4.00. The van der Waals surface area contributed by atoms with Gasteiger partial charge in [0.25, 0.3) is 0 Å². The van der Waals surface area contributed by atoms with Crippen LogP contribution >= 0.6 is 11.8 Å². The molecule has 0 fully saturated rings. The van der Waals surface area contributed by atoms with Gasteiger partial charge in [0.05, 0.1) is 0 Å². The van der Waals surface area contributed by atoms with Crippen LogP contribution in [-0.4, -0.2) is 12.5 Å². The number of hydrogen-bond donors (Lipinski definition) is 1. The Hall–Kier alpha value is -1.19. The number of fused-ring (bicyclic) bond motifs is 2. The Balaban J connectivity index is 2.12. The summed E-state index contributed by atoms with van der Waals surface area (Å²) >= 11 is 1.77. The van der Waals surface area contributed by atoms with Crippen LogP contribution in [0.15, 0.2) is 52.3 Å². The summed E-state index contributed by atoms with van der Waals surface area (Å²) in [6.45, 7) is 0. The first-order valence-corrected chi connectivity index (χ1v) is 6.17. The summed E-state index contributed by atoms with van der Waals surface area (Å²) in [5.74, 6) is 0. The summed E-state index contributed by atoms with van der Waals surface area (Å²) in [5, 5.41) is 9.33. The van der Waals surface area contributed by atoms with Crippen LogP contribution in [0.5, 0.6) is 0 Å². The summed E-state index contributed by atoms with van der Waals surface area (Å²) in [7, 11) is 0.123. The SMILES string of the molecule is OBc1cccc2c1Sc1ccccc1C2.